The molecule has 1 unspecified atom stereocenters. The Morgan fingerprint density at radius 2 is 1.43 bits per heavy atom. The zero-order valence-corrected chi connectivity index (χ0v) is 18.2. The number of carbonyl (C=O) groups is 1. The summed E-state index contributed by atoms with van der Waals surface area (Å²) in [6.45, 7) is 0.645. The first-order valence-corrected chi connectivity index (χ1v) is 11.3. The maximum atomic E-state index is 11.8. The summed E-state index contributed by atoms with van der Waals surface area (Å²) < 4.78 is 5.06. The van der Waals surface area contributed by atoms with E-state index in [-0.39, 0.29) is 6.42 Å². The first-order chi connectivity index (χ1) is 14.3. The third-order valence-corrected chi connectivity index (χ3v) is 6.01. The van der Waals surface area contributed by atoms with Crippen molar-refractivity contribution in [1.29, 1.82) is 0 Å². The van der Waals surface area contributed by atoms with E-state index in [0.29, 0.717) is 6.42 Å². The molecule has 6 N–H and O–H groups in total. The van der Waals surface area contributed by atoms with E-state index in [1.807, 2.05) is 0 Å². The summed E-state index contributed by atoms with van der Waals surface area (Å²) >= 11 is 0. The van der Waals surface area contributed by atoms with Crippen LogP contribution in [-0.2, 0) is 9.53 Å². The molecule has 0 fully saturated rings. The van der Waals surface area contributed by atoms with E-state index >= 15 is 0 Å². The molecular formula is C22H40O8. The van der Waals surface area contributed by atoms with Crippen molar-refractivity contribution in [3.8, 4) is 0 Å². The second-order valence-electron chi connectivity index (χ2n) is 8.43. The summed E-state index contributed by atoms with van der Waals surface area (Å²) in [7, 11) is 0. The minimum Gasteiger partial charge on any atom is -0.505 e. The Hall–Kier alpha value is -1.35. The maximum Gasteiger partial charge on any atom is 0.378 e. The highest BCUT2D eigenvalue weighted by Crippen LogP contribution is 2.45. The fraction of sp³-hybridized carbons (Fsp3) is 0.864. The number of aliphatic hydroxyl groups is 6. The molecular weight excluding hydrogens is 392 g/mol. The molecule has 0 saturated carbocycles. The number of unbranched alkanes of at least 4 members (excludes halogenated alkanes) is 10. The van der Waals surface area contributed by atoms with Crippen LogP contribution >= 0.6 is 0 Å². The van der Waals surface area contributed by atoms with Crippen molar-refractivity contribution in [2.75, 3.05) is 13.2 Å². The first-order valence-electron chi connectivity index (χ1n) is 11.3. The number of carbonyl (C=O) groups excluding carboxylic acids is 1. The van der Waals surface area contributed by atoms with Gasteiger partial charge in [-0.1, -0.05) is 77.6 Å². The smallest absolute Gasteiger partial charge is 0.378 e. The molecule has 30 heavy (non-hydrogen) atoms. The van der Waals surface area contributed by atoms with Gasteiger partial charge in [-0.15, -0.1) is 0 Å². The second-order valence-corrected chi connectivity index (χ2v) is 8.43. The van der Waals surface area contributed by atoms with Gasteiger partial charge in [-0.25, -0.2) is 4.79 Å². The molecule has 0 amide bonds. The Balaban J connectivity index is 2.55. The zero-order valence-electron chi connectivity index (χ0n) is 18.2. The molecule has 1 heterocycles. The van der Waals surface area contributed by atoms with Crippen LogP contribution in [0.1, 0.15) is 90.4 Å². The van der Waals surface area contributed by atoms with Crippen LogP contribution in [0.2, 0.25) is 0 Å². The molecule has 8 nitrogen and oxygen atoms in total. The van der Waals surface area contributed by atoms with Crippen LogP contribution in [0.5, 0.6) is 0 Å². The Morgan fingerprint density at radius 3 is 1.83 bits per heavy atom. The van der Waals surface area contributed by atoms with Crippen LogP contribution in [0, 0.1) is 0 Å². The average Bonchev–Trinajstić information content (AvgIpc) is 2.96. The van der Waals surface area contributed by atoms with E-state index in [1.165, 1.54) is 38.5 Å². The van der Waals surface area contributed by atoms with Crippen LogP contribution in [-0.4, -0.2) is 67.1 Å². The van der Waals surface area contributed by atoms with E-state index in [4.69, 9.17) is 9.84 Å². The Bertz CT molecular complexity index is 549. The molecule has 1 aliphatic rings. The molecule has 0 aromatic carbocycles. The van der Waals surface area contributed by atoms with Crippen LogP contribution in [0.3, 0.4) is 0 Å². The monoisotopic (exact) mass is 432 g/mol. The molecule has 0 radical (unpaired) electrons. The number of cyclic esters (lactones) is 1. The molecule has 3 atom stereocenters. The normalized spacial score (nSPS) is 22.2. The van der Waals surface area contributed by atoms with Gasteiger partial charge in [0.25, 0.3) is 0 Å². The molecule has 8 heteroatoms. The third-order valence-electron chi connectivity index (χ3n) is 6.01. The number of ether oxygens (including phenoxy) is 1. The fourth-order valence-electron chi connectivity index (χ4n) is 4.07. The lowest BCUT2D eigenvalue weighted by Gasteiger charge is -2.42. The lowest BCUT2D eigenvalue weighted by molar-refractivity contribution is -0.203. The van der Waals surface area contributed by atoms with Crippen molar-refractivity contribution >= 4 is 5.97 Å². The molecule has 1 rings (SSSR count). The standard InChI is InChI=1S/C22H40O8/c1-2-3-4-5-6-7-8-9-10-11-12-13-21(29,16-24)22(14-17(25)15-23)19(27)18(26)20(28)30-22/h17,23-27,29H,2-16H2,1H3/t17?,21-,22-/m0/s1. The van der Waals surface area contributed by atoms with Crippen molar-refractivity contribution in [2.45, 2.75) is 108 Å². The van der Waals surface area contributed by atoms with Gasteiger partial charge in [-0.3, -0.25) is 0 Å². The zero-order chi connectivity index (χ0) is 22.6. The average molecular weight is 433 g/mol. The summed E-state index contributed by atoms with van der Waals surface area (Å²) in [4.78, 5) is 11.8. The predicted octanol–water partition coefficient (Wildman–Crippen LogP) is 2.78. The van der Waals surface area contributed by atoms with Gasteiger partial charge >= 0.3 is 5.97 Å². The van der Waals surface area contributed by atoms with Gasteiger partial charge in [0.1, 0.15) is 5.60 Å². The Kier molecular flexibility index (Phi) is 11.7. The number of aliphatic hydroxyl groups excluding tert-OH is 5. The quantitative estimate of drug-likeness (QED) is 0.152. The molecule has 0 spiro atoms. The van der Waals surface area contributed by atoms with Crippen molar-refractivity contribution < 1.29 is 40.2 Å². The van der Waals surface area contributed by atoms with E-state index in [0.717, 1.165) is 25.7 Å². The van der Waals surface area contributed by atoms with Gasteiger partial charge in [0, 0.05) is 6.42 Å². The van der Waals surface area contributed by atoms with Gasteiger partial charge in [0.2, 0.25) is 11.4 Å². The third kappa shape index (κ3) is 6.83. The molecule has 0 aromatic rings. The van der Waals surface area contributed by atoms with E-state index in [1.54, 1.807) is 0 Å². The minimum absolute atomic E-state index is 0.0106. The van der Waals surface area contributed by atoms with Crippen LogP contribution in [0.25, 0.3) is 0 Å². The van der Waals surface area contributed by atoms with Crippen molar-refractivity contribution in [1.82, 2.24) is 0 Å². The van der Waals surface area contributed by atoms with E-state index in [2.05, 4.69) is 6.92 Å². The van der Waals surface area contributed by atoms with Gasteiger partial charge < -0.3 is 35.4 Å². The van der Waals surface area contributed by atoms with Crippen molar-refractivity contribution in [2.24, 2.45) is 0 Å². The Morgan fingerprint density at radius 1 is 0.933 bits per heavy atom. The summed E-state index contributed by atoms with van der Waals surface area (Å²) in [6, 6.07) is 0. The summed E-state index contributed by atoms with van der Waals surface area (Å²) in [5.41, 5.74) is -4.31. The molecule has 176 valence electrons. The molecule has 0 aromatic heterocycles. The van der Waals surface area contributed by atoms with Gasteiger partial charge in [-0.05, 0) is 6.42 Å². The molecule has 0 aliphatic carbocycles. The first kappa shape index (κ1) is 26.7. The number of hydrogen-bond donors (Lipinski definition) is 6. The fourth-order valence-corrected chi connectivity index (χ4v) is 4.07. The summed E-state index contributed by atoms with van der Waals surface area (Å²) in [5, 5.41) is 59.9. The number of esters is 1. The van der Waals surface area contributed by atoms with Crippen molar-refractivity contribution in [3.63, 3.8) is 0 Å². The van der Waals surface area contributed by atoms with Crippen LogP contribution in [0.4, 0.5) is 0 Å². The number of rotatable bonds is 17. The summed E-state index contributed by atoms with van der Waals surface area (Å²) in [5.74, 6) is -3.24. The summed E-state index contributed by atoms with van der Waals surface area (Å²) in [6.07, 6.45) is 10.0. The van der Waals surface area contributed by atoms with Crippen LogP contribution < -0.4 is 0 Å². The number of hydrogen-bond acceptors (Lipinski definition) is 8. The lowest BCUT2D eigenvalue weighted by atomic mass is 9.75. The molecule has 0 bridgehead atoms. The largest absolute Gasteiger partial charge is 0.505 e. The van der Waals surface area contributed by atoms with Gasteiger partial charge in [0.05, 0.1) is 19.3 Å². The van der Waals surface area contributed by atoms with Crippen LogP contribution in [0.15, 0.2) is 11.5 Å². The lowest BCUT2D eigenvalue weighted by Crippen LogP contribution is -2.60. The van der Waals surface area contributed by atoms with Gasteiger partial charge in [-0.2, -0.15) is 0 Å². The van der Waals surface area contributed by atoms with Crippen molar-refractivity contribution in [3.05, 3.63) is 11.5 Å². The predicted molar refractivity (Wildman–Crippen MR) is 112 cm³/mol. The second kappa shape index (κ2) is 13.1. The minimum atomic E-state index is -2.20. The van der Waals surface area contributed by atoms with Gasteiger partial charge in [0.15, 0.2) is 5.76 Å². The topological polar surface area (TPSA) is 148 Å². The van der Waals surface area contributed by atoms with E-state index in [9.17, 15) is 30.3 Å². The highest BCUT2D eigenvalue weighted by molar-refractivity contribution is 5.90. The van der Waals surface area contributed by atoms with E-state index < -0.39 is 54.4 Å². The Labute approximate surface area is 179 Å². The molecule has 0 saturated heterocycles. The highest BCUT2D eigenvalue weighted by Gasteiger charge is 2.62. The molecule has 1 aliphatic heterocycles. The SMILES string of the molecule is CCCCCCCCCCCCC[C@](O)(CO)[C@@]1(CC(O)CO)OC(=O)C(O)=C1O. The maximum absolute atomic E-state index is 11.8. The highest BCUT2D eigenvalue weighted by atomic mass is 16.6.